The van der Waals surface area contributed by atoms with Crippen molar-refractivity contribution < 1.29 is 4.39 Å². The van der Waals surface area contributed by atoms with Gasteiger partial charge in [0.25, 0.3) is 0 Å². The molecule has 16 heavy (non-hydrogen) atoms. The summed E-state index contributed by atoms with van der Waals surface area (Å²) in [6.07, 6.45) is 4.93. The molecular formula is C14H20FN. The topological polar surface area (TPSA) is 12.0 Å². The SMILES string of the molecule is Cc1cc(C2(C)CCCCCN2)ccc1F. The van der Waals surface area contributed by atoms with Crippen molar-refractivity contribution in [1.82, 2.24) is 5.32 Å². The molecule has 0 saturated carbocycles. The second-order valence-electron chi connectivity index (χ2n) is 5.03. The van der Waals surface area contributed by atoms with Crippen molar-refractivity contribution in [2.45, 2.75) is 45.1 Å². The summed E-state index contributed by atoms with van der Waals surface area (Å²) in [4.78, 5) is 0. The Morgan fingerprint density at radius 2 is 2.06 bits per heavy atom. The molecule has 0 amide bonds. The van der Waals surface area contributed by atoms with Gasteiger partial charge in [-0.15, -0.1) is 0 Å². The predicted molar refractivity (Wildman–Crippen MR) is 65.0 cm³/mol. The van der Waals surface area contributed by atoms with Crippen LogP contribution in [-0.2, 0) is 5.54 Å². The second kappa shape index (κ2) is 4.54. The van der Waals surface area contributed by atoms with Crippen LogP contribution in [0.1, 0.15) is 43.7 Å². The third-order valence-corrected chi connectivity index (χ3v) is 3.66. The Labute approximate surface area is 97.1 Å². The molecule has 1 aliphatic rings. The minimum atomic E-state index is -0.110. The highest BCUT2D eigenvalue weighted by molar-refractivity contribution is 5.29. The molecule has 1 fully saturated rings. The molecule has 1 nitrogen and oxygen atoms in total. The van der Waals surface area contributed by atoms with Gasteiger partial charge in [-0.25, -0.2) is 4.39 Å². The monoisotopic (exact) mass is 221 g/mol. The fourth-order valence-corrected chi connectivity index (χ4v) is 2.47. The van der Waals surface area contributed by atoms with Gasteiger partial charge in [-0.3, -0.25) is 0 Å². The number of rotatable bonds is 1. The number of hydrogen-bond donors (Lipinski definition) is 1. The molecule has 1 aliphatic heterocycles. The molecule has 0 aliphatic carbocycles. The fourth-order valence-electron chi connectivity index (χ4n) is 2.47. The Morgan fingerprint density at radius 1 is 1.25 bits per heavy atom. The molecule has 1 unspecified atom stereocenters. The molecular weight excluding hydrogens is 201 g/mol. The Bertz CT molecular complexity index is 365. The zero-order valence-corrected chi connectivity index (χ0v) is 10.1. The predicted octanol–water partition coefficient (Wildman–Crippen LogP) is 3.51. The van der Waals surface area contributed by atoms with Crippen LogP contribution < -0.4 is 5.32 Å². The summed E-state index contributed by atoms with van der Waals surface area (Å²) in [6.45, 7) is 5.12. The summed E-state index contributed by atoms with van der Waals surface area (Å²) in [5.41, 5.74) is 1.98. The maximum Gasteiger partial charge on any atom is 0.126 e. The molecule has 2 heteroatoms. The van der Waals surface area contributed by atoms with E-state index in [1.54, 1.807) is 6.07 Å². The van der Waals surface area contributed by atoms with E-state index in [0.29, 0.717) is 0 Å². The fraction of sp³-hybridized carbons (Fsp3) is 0.571. The van der Waals surface area contributed by atoms with Crippen LogP contribution in [0.3, 0.4) is 0 Å². The normalized spacial score (nSPS) is 26.4. The van der Waals surface area contributed by atoms with E-state index in [-0.39, 0.29) is 11.4 Å². The highest BCUT2D eigenvalue weighted by Crippen LogP contribution is 2.30. The summed E-state index contributed by atoms with van der Waals surface area (Å²) >= 11 is 0. The van der Waals surface area contributed by atoms with Crippen molar-refractivity contribution >= 4 is 0 Å². The molecule has 1 atom stereocenters. The molecule has 1 saturated heterocycles. The summed E-state index contributed by atoms with van der Waals surface area (Å²) in [5.74, 6) is -0.110. The van der Waals surface area contributed by atoms with E-state index >= 15 is 0 Å². The molecule has 0 radical (unpaired) electrons. The Hall–Kier alpha value is -0.890. The van der Waals surface area contributed by atoms with Crippen LogP contribution in [0.4, 0.5) is 4.39 Å². The standard InChI is InChI=1S/C14H20FN/c1-11-10-12(6-7-13(11)15)14(2)8-4-3-5-9-16-14/h6-7,10,16H,3-5,8-9H2,1-2H3. The van der Waals surface area contributed by atoms with Crippen LogP contribution in [0.15, 0.2) is 18.2 Å². The van der Waals surface area contributed by atoms with Crippen molar-refractivity contribution in [3.63, 3.8) is 0 Å². The number of halogens is 1. The van der Waals surface area contributed by atoms with Gasteiger partial charge in [-0.1, -0.05) is 25.0 Å². The first-order chi connectivity index (χ1) is 7.62. The van der Waals surface area contributed by atoms with Gasteiger partial charge >= 0.3 is 0 Å². The van der Waals surface area contributed by atoms with Crippen molar-refractivity contribution in [3.05, 3.63) is 35.1 Å². The summed E-state index contributed by atoms with van der Waals surface area (Å²) in [7, 11) is 0. The van der Waals surface area contributed by atoms with Gasteiger partial charge in [0.1, 0.15) is 5.82 Å². The minimum absolute atomic E-state index is 0.0228. The number of nitrogens with one attached hydrogen (secondary N) is 1. The molecule has 0 bridgehead atoms. The lowest BCUT2D eigenvalue weighted by atomic mass is 9.87. The first-order valence-corrected chi connectivity index (χ1v) is 6.13. The van der Waals surface area contributed by atoms with Gasteiger partial charge in [0, 0.05) is 5.54 Å². The van der Waals surface area contributed by atoms with Crippen molar-refractivity contribution in [3.8, 4) is 0 Å². The van der Waals surface area contributed by atoms with Crippen LogP contribution in [0.2, 0.25) is 0 Å². The Kier molecular flexibility index (Phi) is 3.29. The maximum atomic E-state index is 13.3. The van der Waals surface area contributed by atoms with Gasteiger partial charge in [0.15, 0.2) is 0 Å². The van der Waals surface area contributed by atoms with E-state index in [0.717, 1.165) is 18.5 Å². The summed E-state index contributed by atoms with van der Waals surface area (Å²) < 4.78 is 13.3. The van der Waals surface area contributed by atoms with Crippen molar-refractivity contribution in [1.29, 1.82) is 0 Å². The van der Waals surface area contributed by atoms with Crippen LogP contribution in [0, 0.1) is 12.7 Å². The molecule has 2 rings (SSSR count). The summed E-state index contributed by atoms with van der Waals surface area (Å²) in [5, 5.41) is 3.60. The average Bonchev–Trinajstić information content (AvgIpc) is 2.48. The third kappa shape index (κ3) is 2.27. The highest BCUT2D eigenvalue weighted by atomic mass is 19.1. The van der Waals surface area contributed by atoms with Gasteiger partial charge in [-0.05, 0) is 50.4 Å². The smallest absolute Gasteiger partial charge is 0.126 e. The van der Waals surface area contributed by atoms with Crippen molar-refractivity contribution in [2.75, 3.05) is 6.54 Å². The van der Waals surface area contributed by atoms with Gasteiger partial charge in [-0.2, -0.15) is 0 Å². The van der Waals surface area contributed by atoms with E-state index in [2.05, 4.69) is 12.2 Å². The average molecular weight is 221 g/mol. The number of aryl methyl sites for hydroxylation is 1. The van der Waals surface area contributed by atoms with Gasteiger partial charge in [0.05, 0.1) is 0 Å². The van der Waals surface area contributed by atoms with E-state index in [1.807, 2.05) is 19.1 Å². The van der Waals surface area contributed by atoms with Crippen LogP contribution in [0.25, 0.3) is 0 Å². The highest BCUT2D eigenvalue weighted by Gasteiger charge is 2.27. The van der Waals surface area contributed by atoms with E-state index in [1.165, 1.54) is 24.8 Å². The van der Waals surface area contributed by atoms with Crippen LogP contribution >= 0.6 is 0 Å². The van der Waals surface area contributed by atoms with Crippen LogP contribution in [-0.4, -0.2) is 6.54 Å². The van der Waals surface area contributed by atoms with E-state index in [4.69, 9.17) is 0 Å². The Balaban J connectivity index is 2.29. The Morgan fingerprint density at radius 3 is 2.81 bits per heavy atom. The first kappa shape index (κ1) is 11.6. The van der Waals surface area contributed by atoms with E-state index < -0.39 is 0 Å². The summed E-state index contributed by atoms with van der Waals surface area (Å²) in [6, 6.07) is 5.48. The molecule has 1 aromatic rings. The molecule has 1 N–H and O–H groups in total. The maximum absolute atomic E-state index is 13.3. The number of hydrogen-bond acceptors (Lipinski definition) is 1. The molecule has 0 aromatic heterocycles. The molecule has 0 spiro atoms. The minimum Gasteiger partial charge on any atom is -0.308 e. The lowest BCUT2D eigenvalue weighted by Crippen LogP contribution is -2.38. The zero-order valence-electron chi connectivity index (χ0n) is 10.1. The first-order valence-electron chi connectivity index (χ1n) is 6.13. The molecule has 1 aromatic carbocycles. The zero-order chi connectivity index (χ0) is 11.6. The quantitative estimate of drug-likeness (QED) is 0.765. The molecule has 1 heterocycles. The van der Waals surface area contributed by atoms with Crippen LogP contribution in [0.5, 0.6) is 0 Å². The van der Waals surface area contributed by atoms with Crippen molar-refractivity contribution in [2.24, 2.45) is 0 Å². The van der Waals surface area contributed by atoms with Gasteiger partial charge < -0.3 is 5.32 Å². The van der Waals surface area contributed by atoms with E-state index in [9.17, 15) is 4.39 Å². The molecule has 88 valence electrons. The second-order valence-corrected chi connectivity index (χ2v) is 5.03. The lowest BCUT2D eigenvalue weighted by Gasteiger charge is -2.30. The third-order valence-electron chi connectivity index (χ3n) is 3.66. The number of benzene rings is 1. The largest absolute Gasteiger partial charge is 0.308 e. The van der Waals surface area contributed by atoms with Gasteiger partial charge in [0.2, 0.25) is 0 Å². The lowest BCUT2D eigenvalue weighted by molar-refractivity contribution is 0.359.